The fourth-order valence-electron chi connectivity index (χ4n) is 4.23. The van der Waals surface area contributed by atoms with Gasteiger partial charge in [-0.05, 0) is 41.8 Å². The first-order valence-corrected chi connectivity index (χ1v) is 9.84. The molecule has 0 aromatic carbocycles. The first-order valence-electron chi connectivity index (χ1n) is 8.96. The van der Waals surface area contributed by atoms with Crippen LogP contribution in [0, 0.1) is 12.3 Å². The molecule has 2 aromatic heterocycles. The molecule has 3 heterocycles. The third-order valence-electron chi connectivity index (χ3n) is 5.89. The first kappa shape index (κ1) is 16.6. The van der Waals surface area contributed by atoms with Crippen LogP contribution < -0.4 is 4.90 Å². The lowest BCUT2D eigenvalue weighted by Gasteiger charge is -2.38. The van der Waals surface area contributed by atoms with Crippen molar-refractivity contribution in [2.45, 2.75) is 32.6 Å². The van der Waals surface area contributed by atoms with Crippen molar-refractivity contribution in [1.29, 1.82) is 0 Å². The van der Waals surface area contributed by atoms with Crippen molar-refractivity contribution in [3.63, 3.8) is 0 Å². The summed E-state index contributed by atoms with van der Waals surface area (Å²) in [6, 6.07) is 8.26. The van der Waals surface area contributed by atoms with Crippen LogP contribution in [0.5, 0.6) is 0 Å². The Morgan fingerprint density at radius 3 is 2.44 bits per heavy atom. The summed E-state index contributed by atoms with van der Waals surface area (Å²) in [6.07, 6.45) is 2.80. The minimum atomic E-state index is -0.301. The Balaban J connectivity index is 1.50. The van der Waals surface area contributed by atoms with E-state index < -0.39 is 0 Å². The number of aromatic nitrogens is 1. The average molecular weight is 356 g/mol. The van der Waals surface area contributed by atoms with Gasteiger partial charge in [0.15, 0.2) is 0 Å². The highest BCUT2D eigenvalue weighted by atomic mass is 32.1. The van der Waals surface area contributed by atoms with E-state index in [4.69, 9.17) is 0 Å². The number of carbonyl (C=O) groups excluding carboxylic acids is 1. The van der Waals surface area contributed by atoms with Crippen molar-refractivity contribution in [2.75, 3.05) is 31.1 Å². The van der Waals surface area contributed by atoms with E-state index in [0.717, 1.165) is 38.4 Å². The molecule has 1 saturated heterocycles. The van der Waals surface area contributed by atoms with Gasteiger partial charge in [0, 0.05) is 37.3 Å². The predicted molar refractivity (Wildman–Crippen MR) is 102 cm³/mol. The van der Waals surface area contributed by atoms with E-state index in [1.165, 1.54) is 10.4 Å². The van der Waals surface area contributed by atoms with Crippen LogP contribution in [0.2, 0.25) is 0 Å². The summed E-state index contributed by atoms with van der Waals surface area (Å²) in [5.74, 6) is 1.37. The molecule has 2 fully saturated rings. The molecular formula is C20H25N3OS. The van der Waals surface area contributed by atoms with Crippen molar-refractivity contribution >= 4 is 23.1 Å². The Labute approximate surface area is 153 Å². The lowest BCUT2D eigenvalue weighted by atomic mass is 9.92. The molecular weight excluding hydrogens is 330 g/mol. The van der Waals surface area contributed by atoms with E-state index in [1.807, 2.05) is 12.3 Å². The lowest BCUT2D eigenvalue weighted by Crippen LogP contribution is -2.52. The molecule has 0 radical (unpaired) electrons. The third-order valence-corrected chi connectivity index (χ3v) is 6.92. The van der Waals surface area contributed by atoms with Crippen molar-refractivity contribution in [3.8, 4) is 0 Å². The third kappa shape index (κ3) is 2.56. The molecule has 1 aliphatic heterocycles. The number of amides is 1. The summed E-state index contributed by atoms with van der Waals surface area (Å²) >= 11 is 1.72. The number of thiophene rings is 1. The minimum absolute atomic E-state index is 0.0592. The van der Waals surface area contributed by atoms with Crippen molar-refractivity contribution in [3.05, 3.63) is 46.3 Å². The highest BCUT2D eigenvalue weighted by Crippen LogP contribution is 2.66. The molecule has 132 valence electrons. The second kappa shape index (κ2) is 5.84. The summed E-state index contributed by atoms with van der Waals surface area (Å²) < 4.78 is 0. The van der Waals surface area contributed by atoms with Gasteiger partial charge in [0.1, 0.15) is 5.82 Å². The van der Waals surface area contributed by atoms with E-state index in [9.17, 15) is 4.79 Å². The standard InChI is InChI=1S/C20H25N3OS/c1-15-6-4-8-21-17(15)22-9-11-23(12-10-22)18(24)20(14-19(20,2)3)16-7-5-13-25-16/h4-8,13H,9-12,14H2,1-3H3/t20-/m1/s1. The van der Waals surface area contributed by atoms with Gasteiger partial charge in [-0.25, -0.2) is 4.98 Å². The van der Waals surface area contributed by atoms with Gasteiger partial charge in [-0.1, -0.05) is 26.0 Å². The first-order chi connectivity index (χ1) is 12.0. The van der Waals surface area contributed by atoms with Crippen molar-refractivity contribution < 1.29 is 4.79 Å². The Kier molecular flexibility index (Phi) is 3.87. The minimum Gasteiger partial charge on any atom is -0.353 e. The van der Waals surface area contributed by atoms with Crippen LogP contribution in [-0.2, 0) is 10.2 Å². The van der Waals surface area contributed by atoms with E-state index in [-0.39, 0.29) is 10.8 Å². The molecule has 2 aliphatic rings. The number of aryl methyl sites for hydroxylation is 1. The van der Waals surface area contributed by atoms with E-state index in [0.29, 0.717) is 5.91 Å². The normalized spacial score (nSPS) is 25.1. The summed E-state index contributed by atoms with van der Waals surface area (Å²) in [5, 5.41) is 2.08. The van der Waals surface area contributed by atoms with Crippen LogP contribution in [0.3, 0.4) is 0 Å². The maximum Gasteiger partial charge on any atom is 0.234 e. The Morgan fingerprint density at radius 2 is 1.88 bits per heavy atom. The molecule has 25 heavy (non-hydrogen) atoms. The van der Waals surface area contributed by atoms with Crippen molar-refractivity contribution in [2.24, 2.45) is 5.41 Å². The second-order valence-electron chi connectivity index (χ2n) is 7.87. The van der Waals surface area contributed by atoms with E-state index in [1.54, 1.807) is 11.3 Å². The monoisotopic (exact) mass is 355 g/mol. The summed E-state index contributed by atoms with van der Waals surface area (Å²) in [4.78, 5) is 23.5. The van der Waals surface area contributed by atoms with Crippen LogP contribution in [-0.4, -0.2) is 42.0 Å². The zero-order valence-electron chi connectivity index (χ0n) is 15.2. The molecule has 4 nitrogen and oxygen atoms in total. The molecule has 1 amide bonds. The molecule has 0 bridgehead atoms. The van der Waals surface area contributed by atoms with Gasteiger partial charge in [-0.15, -0.1) is 11.3 Å². The van der Waals surface area contributed by atoms with Gasteiger partial charge in [0.25, 0.3) is 0 Å². The Bertz CT molecular complexity index is 778. The second-order valence-corrected chi connectivity index (χ2v) is 8.81. The molecule has 1 atom stereocenters. The molecule has 2 aromatic rings. The summed E-state index contributed by atoms with van der Waals surface area (Å²) in [5.41, 5.74) is 0.953. The highest BCUT2D eigenvalue weighted by molar-refractivity contribution is 7.10. The number of hydrogen-bond donors (Lipinski definition) is 0. The Morgan fingerprint density at radius 1 is 1.16 bits per heavy atom. The molecule has 0 unspecified atom stereocenters. The predicted octanol–water partition coefficient (Wildman–Crippen LogP) is 3.47. The molecule has 1 saturated carbocycles. The van der Waals surface area contributed by atoms with Gasteiger partial charge in [0.2, 0.25) is 5.91 Å². The molecule has 4 rings (SSSR count). The fraction of sp³-hybridized carbons (Fsp3) is 0.500. The molecule has 0 N–H and O–H groups in total. The largest absolute Gasteiger partial charge is 0.353 e. The maximum atomic E-state index is 13.4. The summed E-state index contributed by atoms with van der Waals surface area (Å²) in [7, 11) is 0. The van der Waals surface area contributed by atoms with Crippen LogP contribution in [0.25, 0.3) is 0 Å². The number of hydrogen-bond acceptors (Lipinski definition) is 4. The number of pyridine rings is 1. The highest BCUT2D eigenvalue weighted by Gasteiger charge is 2.68. The molecule has 5 heteroatoms. The zero-order chi connectivity index (χ0) is 17.7. The van der Waals surface area contributed by atoms with Gasteiger partial charge < -0.3 is 9.80 Å². The quantitative estimate of drug-likeness (QED) is 0.846. The summed E-state index contributed by atoms with van der Waals surface area (Å²) in [6.45, 7) is 9.79. The van der Waals surface area contributed by atoms with Crippen LogP contribution in [0.15, 0.2) is 35.8 Å². The van der Waals surface area contributed by atoms with Gasteiger partial charge in [0.05, 0.1) is 5.41 Å². The Hall–Kier alpha value is -1.88. The van der Waals surface area contributed by atoms with Gasteiger partial charge in [-0.3, -0.25) is 4.79 Å². The van der Waals surface area contributed by atoms with E-state index in [2.05, 4.69) is 59.1 Å². The number of nitrogens with zero attached hydrogens (tertiary/aromatic N) is 3. The van der Waals surface area contributed by atoms with Crippen molar-refractivity contribution in [1.82, 2.24) is 9.88 Å². The van der Waals surface area contributed by atoms with Gasteiger partial charge in [-0.2, -0.15) is 0 Å². The van der Waals surface area contributed by atoms with Crippen LogP contribution >= 0.6 is 11.3 Å². The number of piperazine rings is 1. The van der Waals surface area contributed by atoms with Crippen LogP contribution in [0.1, 0.15) is 30.7 Å². The zero-order valence-corrected chi connectivity index (χ0v) is 16.0. The number of carbonyl (C=O) groups is 1. The fourth-order valence-corrected chi connectivity index (χ4v) is 5.33. The average Bonchev–Trinajstić information content (AvgIpc) is 2.98. The van der Waals surface area contributed by atoms with E-state index >= 15 is 0 Å². The maximum absolute atomic E-state index is 13.4. The smallest absolute Gasteiger partial charge is 0.234 e. The SMILES string of the molecule is Cc1cccnc1N1CCN(C(=O)[C@]2(c3cccs3)CC2(C)C)CC1. The topological polar surface area (TPSA) is 36.4 Å². The van der Waals surface area contributed by atoms with Crippen LogP contribution in [0.4, 0.5) is 5.82 Å². The van der Waals surface area contributed by atoms with Gasteiger partial charge >= 0.3 is 0 Å². The number of rotatable bonds is 3. The lowest BCUT2D eigenvalue weighted by molar-refractivity contribution is -0.135. The molecule has 1 aliphatic carbocycles. The number of anilines is 1. The molecule has 0 spiro atoms.